The van der Waals surface area contributed by atoms with Crippen molar-refractivity contribution in [2.45, 2.75) is 19.3 Å². The number of nitrogens with zero attached hydrogens (tertiary/aromatic N) is 2. The summed E-state index contributed by atoms with van der Waals surface area (Å²) in [5.74, 6) is -0.107. The number of rotatable bonds is 6. The van der Waals surface area contributed by atoms with Gasteiger partial charge in [0.1, 0.15) is 0 Å². The van der Waals surface area contributed by atoms with E-state index in [1.54, 1.807) is 0 Å². The number of nitrogen functional groups attached to an aromatic ring is 1. The maximum absolute atomic E-state index is 11.8. The lowest BCUT2D eigenvalue weighted by molar-refractivity contribution is 0.0948. The molecule has 0 saturated carbocycles. The lowest BCUT2D eigenvalue weighted by Crippen LogP contribution is -2.26. The molecule has 5 nitrogen and oxygen atoms in total. The molecule has 20 heavy (non-hydrogen) atoms. The Bertz CT molecular complexity index is 557. The summed E-state index contributed by atoms with van der Waals surface area (Å²) in [5, 5.41) is 2.80. The molecule has 5 heteroatoms. The van der Waals surface area contributed by atoms with Crippen LogP contribution in [0.2, 0.25) is 0 Å². The van der Waals surface area contributed by atoms with Crippen molar-refractivity contribution >= 4 is 11.7 Å². The topological polar surface area (TPSA) is 80.9 Å². The van der Waals surface area contributed by atoms with Gasteiger partial charge in [0, 0.05) is 18.9 Å². The van der Waals surface area contributed by atoms with Gasteiger partial charge in [0.25, 0.3) is 5.91 Å². The zero-order chi connectivity index (χ0) is 14.2. The number of nitrogens with one attached hydrogen (secondary N) is 1. The summed E-state index contributed by atoms with van der Waals surface area (Å²) in [6.07, 6.45) is 5.89. The van der Waals surface area contributed by atoms with Crippen molar-refractivity contribution in [1.29, 1.82) is 0 Å². The molecule has 2 rings (SSSR count). The van der Waals surface area contributed by atoms with Crippen LogP contribution in [0.4, 0.5) is 5.82 Å². The number of nitrogens with two attached hydrogens (primary N) is 1. The van der Waals surface area contributed by atoms with Crippen molar-refractivity contribution in [2.75, 3.05) is 12.3 Å². The molecule has 0 atom stereocenters. The van der Waals surface area contributed by atoms with Crippen LogP contribution in [0, 0.1) is 0 Å². The number of anilines is 1. The van der Waals surface area contributed by atoms with Gasteiger partial charge in [0.15, 0.2) is 11.5 Å². The highest BCUT2D eigenvalue weighted by Gasteiger charge is 2.10. The van der Waals surface area contributed by atoms with Gasteiger partial charge >= 0.3 is 0 Å². The Morgan fingerprint density at radius 3 is 2.60 bits per heavy atom. The summed E-state index contributed by atoms with van der Waals surface area (Å²) in [4.78, 5) is 19.6. The largest absolute Gasteiger partial charge is 0.382 e. The molecule has 1 aromatic heterocycles. The molecular weight excluding hydrogens is 252 g/mol. The number of amides is 1. The van der Waals surface area contributed by atoms with E-state index in [1.807, 2.05) is 18.2 Å². The molecule has 1 amide bonds. The first kappa shape index (κ1) is 14.0. The third kappa shape index (κ3) is 4.05. The summed E-state index contributed by atoms with van der Waals surface area (Å²) >= 11 is 0. The zero-order valence-corrected chi connectivity index (χ0v) is 11.2. The minimum atomic E-state index is -0.268. The molecule has 0 saturated heterocycles. The molecule has 1 heterocycles. The normalized spacial score (nSPS) is 10.2. The van der Waals surface area contributed by atoms with E-state index in [2.05, 4.69) is 27.4 Å². The monoisotopic (exact) mass is 270 g/mol. The smallest absolute Gasteiger partial charge is 0.273 e. The third-order valence-corrected chi connectivity index (χ3v) is 2.96. The molecule has 0 unspecified atom stereocenters. The van der Waals surface area contributed by atoms with Crippen LogP contribution in [0.5, 0.6) is 0 Å². The van der Waals surface area contributed by atoms with E-state index >= 15 is 0 Å². The lowest BCUT2D eigenvalue weighted by Gasteiger charge is -2.06. The van der Waals surface area contributed by atoms with Gasteiger partial charge in [-0.15, -0.1) is 0 Å². The van der Waals surface area contributed by atoms with Crippen molar-refractivity contribution in [2.24, 2.45) is 0 Å². The predicted molar refractivity (Wildman–Crippen MR) is 78.2 cm³/mol. The summed E-state index contributed by atoms with van der Waals surface area (Å²) in [6, 6.07) is 10.3. The Morgan fingerprint density at radius 2 is 1.85 bits per heavy atom. The molecule has 0 aliphatic heterocycles. The Balaban J connectivity index is 1.69. The minimum Gasteiger partial charge on any atom is -0.382 e. The Hall–Kier alpha value is -2.43. The van der Waals surface area contributed by atoms with Crippen molar-refractivity contribution in [3.05, 3.63) is 54.0 Å². The van der Waals surface area contributed by atoms with Gasteiger partial charge in [0.2, 0.25) is 0 Å². The van der Waals surface area contributed by atoms with Crippen LogP contribution in [0.25, 0.3) is 0 Å². The molecule has 2 aromatic rings. The van der Waals surface area contributed by atoms with Crippen molar-refractivity contribution in [1.82, 2.24) is 15.3 Å². The molecule has 104 valence electrons. The van der Waals surface area contributed by atoms with E-state index < -0.39 is 0 Å². The highest BCUT2D eigenvalue weighted by molar-refractivity contribution is 5.96. The van der Waals surface area contributed by atoms with Crippen LogP contribution in [-0.4, -0.2) is 22.4 Å². The minimum absolute atomic E-state index is 0.161. The molecule has 0 spiro atoms. The fourth-order valence-electron chi connectivity index (χ4n) is 1.91. The molecule has 0 aliphatic rings. The van der Waals surface area contributed by atoms with E-state index in [4.69, 9.17) is 5.73 Å². The van der Waals surface area contributed by atoms with Gasteiger partial charge in [-0.3, -0.25) is 4.79 Å². The van der Waals surface area contributed by atoms with Crippen LogP contribution in [0.15, 0.2) is 42.7 Å². The second kappa shape index (κ2) is 7.23. The van der Waals surface area contributed by atoms with Gasteiger partial charge in [0.05, 0.1) is 0 Å². The average Bonchev–Trinajstić information content (AvgIpc) is 2.48. The van der Waals surface area contributed by atoms with Gasteiger partial charge in [-0.1, -0.05) is 30.3 Å². The first-order valence-corrected chi connectivity index (χ1v) is 6.66. The molecule has 0 bridgehead atoms. The standard InChI is InChI=1S/C15H18N4O/c16-14-13(17-10-11-18-14)15(20)19-9-5-4-8-12-6-2-1-3-7-12/h1-3,6-7,10-11H,4-5,8-9H2,(H2,16,18)(H,19,20). The summed E-state index contributed by atoms with van der Waals surface area (Å²) < 4.78 is 0. The van der Waals surface area contributed by atoms with E-state index in [0.29, 0.717) is 6.54 Å². The van der Waals surface area contributed by atoms with Crippen molar-refractivity contribution < 1.29 is 4.79 Å². The van der Waals surface area contributed by atoms with E-state index in [-0.39, 0.29) is 17.4 Å². The van der Waals surface area contributed by atoms with Crippen LogP contribution in [0.3, 0.4) is 0 Å². The van der Waals surface area contributed by atoms with Crippen LogP contribution >= 0.6 is 0 Å². The number of hydrogen-bond acceptors (Lipinski definition) is 4. The van der Waals surface area contributed by atoms with Gasteiger partial charge in [-0.05, 0) is 24.8 Å². The first-order chi connectivity index (χ1) is 9.77. The number of hydrogen-bond donors (Lipinski definition) is 2. The zero-order valence-electron chi connectivity index (χ0n) is 11.2. The number of aryl methyl sites for hydroxylation is 1. The molecular formula is C15H18N4O. The van der Waals surface area contributed by atoms with Gasteiger partial charge < -0.3 is 11.1 Å². The number of unbranched alkanes of at least 4 members (excludes halogenated alkanes) is 1. The number of carbonyl (C=O) groups excluding carboxylic acids is 1. The molecule has 1 aromatic carbocycles. The summed E-state index contributed by atoms with van der Waals surface area (Å²) in [7, 11) is 0. The fourth-order valence-corrected chi connectivity index (χ4v) is 1.91. The van der Waals surface area contributed by atoms with Gasteiger partial charge in [-0.25, -0.2) is 9.97 Å². The van der Waals surface area contributed by atoms with Crippen molar-refractivity contribution in [3.8, 4) is 0 Å². The van der Waals surface area contributed by atoms with Crippen molar-refractivity contribution in [3.63, 3.8) is 0 Å². The highest BCUT2D eigenvalue weighted by atomic mass is 16.1. The summed E-state index contributed by atoms with van der Waals surface area (Å²) in [6.45, 7) is 0.613. The van der Waals surface area contributed by atoms with Crippen LogP contribution < -0.4 is 11.1 Å². The SMILES string of the molecule is Nc1nccnc1C(=O)NCCCCc1ccccc1. The number of carbonyl (C=O) groups is 1. The maximum Gasteiger partial charge on any atom is 0.273 e. The van der Waals surface area contributed by atoms with Gasteiger partial charge in [-0.2, -0.15) is 0 Å². The number of aromatic nitrogens is 2. The van der Waals surface area contributed by atoms with E-state index in [9.17, 15) is 4.79 Å². The highest BCUT2D eigenvalue weighted by Crippen LogP contribution is 2.05. The molecule has 0 aliphatic carbocycles. The quantitative estimate of drug-likeness (QED) is 0.784. The Labute approximate surface area is 118 Å². The second-order valence-electron chi connectivity index (χ2n) is 4.49. The molecule has 0 radical (unpaired) electrons. The third-order valence-electron chi connectivity index (χ3n) is 2.96. The number of benzene rings is 1. The van der Waals surface area contributed by atoms with E-state index in [1.165, 1.54) is 18.0 Å². The predicted octanol–water partition coefficient (Wildman–Crippen LogP) is 1.81. The maximum atomic E-state index is 11.8. The van der Waals surface area contributed by atoms with Crippen LogP contribution in [0.1, 0.15) is 28.9 Å². The Kier molecular flexibility index (Phi) is 5.06. The lowest BCUT2D eigenvalue weighted by atomic mass is 10.1. The molecule has 3 N–H and O–H groups in total. The average molecular weight is 270 g/mol. The van der Waals surface area contributed by atoms with Crippen LogP contribution in [-0.2, 0) is 6.42 Å². The first-order valence-electron chi connectivity index (χ1n) is 6.66. The second-order valence-corrected chi connectivity index (χ2v) is 4.49. The fraction of sp³-hybridized carbons (Fsp3) is 0.267. The summed E-state index contributed by atoms with van der Waals surface area (Å²) in [5.41, 5.74) is 7.10. The van der Waals surface area contributed by atoms with E-state index in [0.717, 1.165) is 19.3 Å². The molecule has 0 fully saturated rings. The Morgan fingerprint density at radius 1 is 1.10 bits per heavy atom.